The second kappa shape index (κ2) is 9.69. The first-order valence-electron chi connectivity index (χ1n) is 12.0. The van der Waals surface area contributed by atoms with E-state index in [1.54, 1.807) is 24.3 Å². The van der Waals surface area contributed by atoms with Crippen LogP contribution in [0.2, 0.25) is 0 Å². The fraction of sp³-hybridized carbons (Fsp3) is 0.259. The summed E-state index contributed by atoms with van der Waals surface area (Å²) in [6.07, 6.45) is 3.43. The number of rotatable bonds is 5. The van der Waals surface area contributed by atoms with Crippen LogP contribution in [0.3, 0.4) is 0 Å². The van der Waals surface area contributed by atoms with E-state index in [2.05, 4.69) is 15.7 Å². The number of amides is 2. The van der Waals surface area contributed by atoms with Gasteiger partial charge in [-0.1, -0.05) is 18.2 Å². The molecule has 3 heterocycles. The Morgan fingerprint density at radius 1 is 1.06 bits per heavy atom. The molecule has 4 N–H and O–H groups in total. The predicted molar refractivity (Wildman–Crippen MR) is 141 cm³/mol. The highest BCUT2D eigenvalue weighted by Crippen LogP contribution is 2.29. The summed E-state index contributed by atoms with van der Waals surface area (Å²) in [6.45, 7) is 4.74. The first kappa shape index (κ1) is 23.3. The largest absolute Gasteiger partial charge is 0.398 e. The van der Waals surface area contributed by atoms with Crippen molar-refractivity contribution in [3.05, 3.63) is 71.9 Å². The minimum atomic E-state index is -0.139. The molecular weight excluding hydrogens is 454 g/mol. The summed E-state index contributed by atoms with van der Waals surface area (Å²) in [4.78, 5) is 30.9. The zero-order valence-corrected chi connectivity index (χ0v) is 20.4. The molecular formula is C27H29N7O2. The number of nitrogens with two attached hydrogens (primary N) is 1. The number of likely N-dealkylation sites (tertiary alicyclic amines) is 1. The summed E-state index contributed by atoms with van der Waals surface area (Å²) in [5.41, 5.74) is 11.6. The van der Waals surface area contributed by atoms with Crippen molar-refractivity contribution < 1.29 is 9.59 Å². The van der Waals surface area contributed by atoms with Gasteiger partial charge in [0.2, 0.25) is 5.91 Å². The maximum Gasteiger partial charge on any atom is 0.253 e. The first-order valence-corrected chi connectivity index (χ1v) is 12.0. The van der Waals surface area contributed by atoms with Crippen molar-refractivity contribution in [1.82, 2.24) is 19.5 Å². The average molecular weight is 484 g/mol. The number of nitrogen functional groups attached to an aromatic ring is 1. The molecule has 5 rings (SSSR count). The molecule has 1 fully saturated rings. The van der Waals surface area contributed by atoms with Crippen LogP contribution in [-0.4, -0.2) is 50.4 Å². The summed E-state index contributed by atoms with van der Waals surface area (Å²) in [5.74, 6) is 0.711. The van der Waals surface area contributed by atoms with E-state index in [-0.39, 0.29) is 17.9 Å². The number of hydrogen-bond donors (Lipinski definition) is 3. The van der Waals surface area contributed by atoms with E-state index in [4.69, 9.17) is 10.7 Å². The fourth-order valence-electron chi connectivity index (χ4n) is 4.56. The van der Waals surface area contributed by atoms with Crippen LogP contribution in [0.5, 0.6) is 0 Å². The summed E-state index contributed by atoms with van der Waals surface area (Å²) >= 11 is 0. The minimum absolute atomic E-state index is 0.00123. The summed E-state index contributed by atoms with van der Waals surface area (Å²) in [5, 5.41) is 10.9. The zero-order chi connectivity index (χ0) is 25.2. The van der Waals surface area contributed by atoms with E-state index >= 15 is 0 Å². The summed E-state index contributed by atoms with van der Waals surface area (Å²) < 4.78 is 1.83. The van der Waals surface area contributed by atoms with Gasteiger partial charge in [-0.2, -0.15) is 9.61 Å². The van der Waals surface area contributed by atoms with Gasteiger partial charge >= 0.3 is 0 Å². The normalized spacial score (nSPS) is 14.1. The number of fused-ring (bicyclic) bond motifs is 1. The van der Waals surface area contributed by atoms with Gasteiger partial charge in [0, 0.05) is 60.2 Å². The Kier molecular flexibility index (Phi) is 6.28. The van der Waals surface area contributed by atoms with Gasteiger partial charge in [-0.3, -0.25) is 9.59 Å². The molecule has 0 aliphatic carbocycles. The van der Waals surface area contributed by atoms with Gasteiger partial charge < -0.3 is 21.3 Å². The number of aryl methyl sites for hydroxylation is 1. The number of carbonyl (C=O) groups is 2. The number of carbonyl (C=O) groups excluding carboxylic acids is 2. The molecule has 2 amide bonds. The second-order valence-corrected chi connectivity index (χ2v) is 9.15. The van der Waals surface area contributed by atoms with Gasteiger partial charge in [0.15, 0.2) is 5.65 Å². The Morgan fingerprint density at radius 2 is 1.78 bits per heavy atom. The van der Waals surface area contributed by atoms with E-state index in [9.17, 15) is 9.59 Å². The molecule has 36 heavy (non-hydrogen) atoms. The lowest BCUT2D eigenvalue weighted by atomic mass is 10.0. The molecule has 1 aliphatic rings. The van der Waals surface area contributed by atoms with Crippen molar-refractivity contribution in [2.45, 2.75) is 32.7 Å². The number of nitrogens with one attached hydrogen (secondary N) is 2. The van der Waals surface area contributed by atoms with Gasteiger partial charge in [0.1, 0.15) is 5.82 Å². The Morgan fingerprint density at radius 3 is 2.47 bits per heavy atom. The van der Waals surface area contributed by atoms with E-state index in [1.807, 2.05) is 52.9 Å². The van der Waals surface area contributed by atoms with E-state index in [0.29, 0.717) is 30.0 Å². The number of piperidine rings is 1. The highest BCUT2D eigenvalue weighted by molar-refractivity contribution is 5.95. The second-order valence-electron chi connectivity index (χ2n) is 9.15. The molecule has 1 aliphatic heterocycles. The predicted octanol–water partition coefficient (Wildman–Crippen LogP) is 3.96. The summed E-state index contributed by atoms with van der Waals surface area (Å²) in [7, 11) is 0. The van der Waals surface area contributed by atoms with Gasteiger partial charge in [-0.25, -0.2) is 4.98 Å². The summed E-state index contributed by atoms with van der Waals surface area (Å²) in [6, 6.07) is 16.9. The third-order valence-electron chi connectivity index (χ3n) is 6.47. The molecule has 0 unspecified atom stereocenters. The molecule has 0 saturated carbocycles. The van der Waals surface area contributed by atoms with Crippen LogP contribution >= 0.6 is 0 Å². The molecule has 2 aromatic heterocycles. The molecule has 0 bridgehead atoms. The van der Waals surface area contributed by atoms with Gasteiger partial charge in [0.25, 0.3) is 5.91 Å². The van der Waals surface area contributed by atoms with Crippen molar-refractivity contribution in [1.29, 1.82) is 0 Å². The van der Waals surface area contributed by atoms with E-state index in [1.165, 1.54) is 6.92 Å². The Bertz CT molecular complexity index is 1420. The highest BCUT2D eigenvalue weighted by Gasteiger charge is 2.25. The molecule has 0 radical (unpaired) electrons. The molecule has 1 saturated heterocycles. The molecule has 2 aromatic carbocycles. The standard InChI is InChI=1S/C27H29N7O2/c1-17-16-29-34-25(15-24(32-26(17)34)22-5-3-4-6-23(22)28)31-21-11-13-33(14-12-21)27(36)19-7-9-20(10-8-19)30-18(2)35/h3-10,15-16,21,31H,11-14,28H2,1-2H3,(H,30,35). The fourth-order valence-corrected chi connectivity index (χ4v) is 4.56. The number of aromatic nitrogens is 3. The van der Waals surface area contributed by atoms with Gasteiger partial charge in [-0.05, 0) is 50.1 Å². The molecule has 0 spiro atoms. The van der Waals surface area contributed by atoms with Crippen LogP contribution in [0.15, 0.2) is 60.8 Å². The van der Waals surface area contributed by atoms with Crippen molar-refractivity contribution in [2.75, 3.05) is 29.5 Å². The lowest BCUT2D eigenvalue weighted by Crippen LogP contribution is -2.42. The number of anilines is 3. The van der Waals surface area contributed by atoms with Crippen LogP contribution in [-0.2, 0) is 4.79 Å². The van der Waals surface area contributed by atoms with Crippen molar-refractivity contribution >= 4 is 34.7 Å². The molecule has 4 aromatic rings. The first-order chi connectivity index (χ1) is 17.4. The lowest BCUT2D eigenvalue weighted by molar-refractivity contribution is -0.114. The average Bonchev–Trinajstić information content (AvgIpc) is 3.25. The van der Waals surface area contributed by atoms with Crippen molar-refractivity contribution in [2.24, 2.45) is 0 Å². The molecule has 0 atom stereocenters. The van der Waals surface area contributed by atoms with Crippen molar-refractivity contribution in [3.63, 3.8) is 0 Å². The van der Waals surface area contributed by atoms with Gasteiger partial charge in [-0.15, -0.1) is 0 Å². The quantitative estimate of drug-likeness (QED) is 0.370. The zero-order valence-electron chi connectivity index (χ0n) is 20.4. The maximum atomic E-state index is 13.0. The third kappa shape index (κ3) is 4.72. The number of nitrogens with zero attached hydrogens (tertiary/aromatic N) is 4. The number of hydrogen-bond acceptors (Lipinski definition) is 6. The Balaban J connectivity index is 1.29. The van der Waals surface area contributed by atoms with Crippen LogP contribution < -0.4 is 16.4 Å². The maximum absolute atomic E-state index is 13.0. The monoisotopic (exact) mass is 483 g/mol. The Hall–Kier alpha value is -4.40. The third-order valence-corrected chi connectivity index (χ3v) is 6.47. The number of para-hydroxylation sites is 1. The molecule has 9 heteroatoms. The van der Waals surface area contributed by atoms with Crippen molar-refractivity contribution in [3.8, 4) is 11.3 Å². The molecule has 9 nitrogen and oxygen atoms in total. The van der Waals surface area contributed by atoms with Crippen LogP contribution in [0.1, 0.15) is 35.7 Å². The minimum Gasteiger partial charge on any atom is -0.398 e. The smallest absolute Gasteiger partial charge is 0.253 e. The van der Waals surface area contributed by atoms with Crippen LogP contribution in [0.4, 0.5) is 17.2 Å². The van der Waals surface area contributed by atoms with Crippen LogP contribution in [0, 0.1) is 6.92 Å². The number of benzene rings is 2. The lowest BCUT2D eigenvalue weighted by Gasteiger charge is -2.33. The van der Waals surface area contributed by atoms with Gasteiger partial charge in [0.05, 0.1) is 11.9 Å². The van der Waals surface area contributed by atoms with E-state index in [0.717, 1.165) is 41.1 Å². The molecule has 184 valence electrons. The highest BCUT2D eigenvalue weighted by atomic mass is 16.2. The SMILES string of the molecule is CC(=O)Nc1ccc(C(=O)N2CCC(Nc3cc(-c4ccccc4N)nc4c(C)cnn34)CC2)cc1. The van der Waals surface area contributed by atoms with E-state index < -0.39 is 0 Å². The topological polar surface area (TPSA) is 118 Å². The Labute approximate surface area is 209 Å². The van der Waals surface area contributed by atoms with Crippen LogP contribution in [0.25, 0.3) is 16.9 Å².